The first kappa shape index (κ1) is 21.7. The van der Waals surface area contributed by atoms with Gasteiger partial charge in [-0.1, -0.05) is 41.9 Å². The number of methoxy groups -OCH3 is 1. The molecule has 0 atom stereocenters. The van der Waals surface area contributed by atoms with E-state index in [1.165, 1.54) is 0 Å². The Bertz CT molecular complexity index is 1130. The first-order chi connectivity index (χ1) is 15.5. The lowest BCUT2D eigenvalue weighted by Crippen LogP contribution is -2.49. The van der Waals surface area contributed by atoms with Crippen molar-refractivity contribution in [3.8, 4) is 5.75 Å². The Morgan fingerprint density at radius 3 is 2.66 bits per heavy atom. The maximum atomic E-state index is 13.2. The number of nitrogens with zero attached hydrogens (tertiary/aromatic N) is 2. The van der Waals surface area contributed by atoms with E-state index < -0.39 is 0 Å². The number of ether oxygens (including phenoxy) is 1. The minimum atomic E-state index is -0.244. The van der Waals surface area contributed by atoms with Crippen molar-refractivity contribution in [1.82, 2.24) is 4.90 Å². The highest BCUT2D eigenvalue weighted by Crippen LogP contribution is 2.26. The summed E-state index contributed by atoms with van der Waals surface area (Å²) in [6, 6.07) is 21.8. The van der Waals surface area contributed by atoms with Crippen LogP contribution in [0.4, 0.5) is 16.2 Å². The molecule has 3 aromatic carbocycles. The van der Waals surface area contributed by atoms with E-state index in [4.69, 9.17) is 16.3 Å². The monoisotopic (exact) mass is 449 g/mol. The molecule has 3 amide bonds. The van der Waals surface area contributed by atoms with Crippen LogP contribution in [0.15, 0.2) is 72.8 Å². The van der Waals surface area contributed by atoms with Crippen LogP contribution in [0, 0.1) is 0 Å². The molecule has 0 aliphatic carbocycles. The largest absolute Gasteiger partial charge is 0.497 e. The molecule has 1 fully saturated rings. The van der Waals surface area contributed by atoms with Crippen LogP contribution < -0.4 is 15.0 Å². The lowest BCUT2D eigenvalue weighted by Gasteiger charge is -2.36. The van der Waals surface area contributed by atoms with Crippen molar-refractivity contribution in [3.63, 3.8) is 0 Å². The number of urea groups is 1. The lowest BCUT2D eigenvalue weighted by atomic mass is 10.1. The van der Waals surface area contributed by atoms with E-state index in [0.29, 0.717) is 41.7 Å². The Morgan fingerprint density at radius 1 is 1.03 bits per heavy atom. The number of hydrogen-bond acceptors (Lipinski definition) is 3. The van der Waals surface area contributed by atoms with Crippen molar-refractivity contribution in [1.29, 1.82) is 0 Å². The zero-order valence-corrected chi connectivity index (χ0v) is 18.5. The fourth-order valence-corrected chi connectivity index (χ4v) is 3.91. The summed E-state index contributed by atoms with van der Waals surface area (Å²) in [5, 5.41) is 3.55. The van der Waals surface area contributed by atoms with E-state index in [2.05, 4.69) is 5.32 Å². The van der Waals surface area contributed by atoms with Crippen LogP contribution in [0.5, 0.6) is 5.75 Å². The lowest BCUT2D eigenvalue weighted by molar-refractivity contribution is 0.102. The van der Waals surface area contributed by atoms with E-state index >= 15 is 0 Å². The van der Waals surface area contributed by atoms with Crippen molar-refractivity contribution >= 4 is 34.9 Å². The van der Waals surface area contributed by atoms with Gasteiger partial charge in [0.1, 0.15) is 5.75 Å². The molecule has 0 radical (unpaired) electrons. The summed E-state index contributed by atoms with van der Waals surface area (Å²) in [6.45, 7) is 1.75. The van der Waals surface area contributed by atoms with Crippen LogP contribution in [0.2, 0.25) is 5.02 Å². The average Bonchev–Trinajstić information content (AvgIpc) is 2.82. The molecule has 1 aliphatic rings. The Hall–Kier alpha value is -3.51. The minimum Gasteiger partial charge on any atom is -0.497 e. The molecule has 0 aromatic heterocycles. The molecule has 1 heterocycles. The Morgan fingerprint density at radius 2 is 1.84 bits per heavy atom. The number of amides is 3. The maximum absolute atomic E-state index is 13.2. The van der Waals surface area contributed by atoms with Crippen LogP contribution in [-0.4, -0.2) is 37.0 Å². The zero-order valence-electron chi connectivity index (χ0n) is 17.8. The van der Waals surface area contributed by atoms with Gasteiger partial charge in [-0.15, -0.1) is 0 Å². The van der Waals surface area contributed by atoms with E-state index in [9.17, 15) is 9.59 Å². The molecule has 6 nitrogen and oxygen atoms in total. The first-order valence-electron chi connectivity index (χ1n) is 10.4. The number of rotatable bonds is 6. The molecular formula is C25H24ClN3O3. The Labute approximate surface area is 192 Å². The van der Waals surface area contributed by atoms with Gasteiger partial charge in [-0.05, 0) is 54.4 Å². The molecule has 3 aromatic rings. The van der Waals surface area contributed by atoms with E-state index in [-0.39, 0.29) is 11.9 Å². The van der Waals surface area contributed by atoms with E-state index in [1.54, 1.807) is 47.2 Å². The third-order valence-electron chi connectivity index (χ3n) is 5.38. The van der Waals surface area contributed by atoms with Gasteiger partial charge in [-0.3, -0.25) is 9.69 Å². The predicted octanol–water partition coefficient (Wildman–Crippen LogP) is 5.43. The topological polar surface area (TPSA) is 61.9 Å². The summed E-state index contributed by atoms with van der Waals surface area (Å²) in [6.07, 6.45) is 0.844. The molecular weight excluding hydrogens is 426 g/mol. The number of halogens is 1. The summed E-state index contributed by atoms with van der Waals surface area (Å²) >= 11 is 6.28. The van der Waals surface area contributed by atoms with Crippen LogP contribution in [0.3, 0.4) is 0 Å². The second-order valence-electron chi connectivity index (χ2n) is 7.54. The molecule has 0 bridgehead atoms. The second-order valence-corrected chi connectivity index (χ2v) is 7.94. The molecule has 164 valence electrons. The van der Waals surface area contributed by atoms with Gasteiger partial charge in [0.2, 0.25) is 0 Å². The van der Waals surface area contributed by atoms with Crippen molar-refractivity contribution in [3.05, 3.63) is 88.9 Å². The molecule has 1 saturated heterocycles. The number of hydrogen-bond donors (Lipinski definition) is 1. The maximum Gasteiger partial charge on any atom is 0.324 e. The number of nitrogens with one attached hydrogen (secondary N) is 1. The number of benzene rings is 3. The first-order valence-corrected chi connectivity index (χ1v) is 10.8. The summed E-state index contributed by atoms with van der Waals surface area (Å²) in [5.74, 6) is 0.371. The number of carbonyl (C=O) groups excluding carboxylic acids is 2. The third-order valence-corrected chi connectivity index (χ3v) is 5.75. The van der Waals surface area contributed by atoms with Crippen molar-refractivity contribution in [2.75, 3.05) is 30.4 Å². The highest BCUT2D eigenvalue weighted by atomic mass is 35.5. The van der Waals surface area contributed by atoms with Gasteiger partial charge >= 0.3 is 6.03 Å². The molecule has 1 N–H and O–H groups in total. The summed E-state index contributed by atoms with van der Waals surface area (Å²) in [4.78, 5) is 29.4. The smallest absolute Gasteiger partial charge is 0.324 e. The van der Waals surface area contributed by atoms with Gasteiger partial charge < -0.3 is 15.0 Å². The zero-order chi connectivity index (χ0) is 22.5. The quantitative estimate of drug-likeness (QED) is 0.545. The SMILES string of the molecule is COc1cccc(C(=O)Nc2cccc(N3CCCN(Cc4ccccc4Cl)C3=O)c2)c1. The molecule has 4 rings (SSSR count). The molecule has 1 aliphatic heterocycles. The average molecular weight is 450 g/mol. The molecule has 7 heteroatoms. The summed E-state index contributed by atoms with van der Waals surface area (Å²) in [7, 11) is 1.56. The third kappa shape index (κ3) is 4.86. The molecule has 0 spiro atoms. The van der Waals surface area contributed by atoms with Gasteiger partial charge in [0.05, 0.1) is 7.11 Å². The van der Waals surface area contributed by atoms with Crippen LogP contribution in [0.25, 0.3) is 0 Å². The molecule has 0 unspecified atom stereocenters. The fraction of sp³-hybridized carbons (Fsp3) is 0.200. The van der Waals surface area contributed by atoms with Gasteiger partial charge in [0.15, 0.2) is 0 Å². The summed E-state index contributed by atoms with van der Waals surface area (Å²) in [5.41, 5.74) is 2.77. The highest BCUT2D eigenvalue weighted by molar-refractivity contribution is 6.31. The summed E-state index contributed by atoms with van der Waals surface area (Å²) < 4.78 is 5.19. The molecule has 32 heavy (non-hydrogen) atoms. The van der Waals surface area contributed by atoms with Gasteiger partial charge in [0, 0.05) is 41.6 Å². The van der Waals surface area contributed by atoms with Crippen LogP contribution in [-0.2, 0) is 6.54 Å². The Kier molecular flexibility index (Phi) is 6.61. The van der Waals surface area contributed by atoms with Crippen LogP contribution >= 0.6 is 11.6 Å². The fourth-order valence-electron chi connectivity index (χ4n) is 3.72. The normalized spacial score (nSPS) is 13.8. The standard InChI is InChI=1S/C25H24ClN3O3/c1-32-22-11-4-8-18(15-22)24(30)27-20-9-5-10-21(16-20)29-14-6-13-28(25(29)31)17-19-7-2-3-12-23(19)26/h2-5,7-12,15-16H,6,13-14,17H2,1H3,(H,27,30). The van der Waals surface area contributed by atoms with E-state index in [1.807, 2.05) is 42.5 Å². The van der Waals surface area contributed by atoms with Gasteiger partial charge in [-0.25, -0.2) is 4.79 Å². The van der Waals surface area contributed by atoms with Crippen molar-refractivity contribution in [2.45, 2.75) is 13.0 Å². The Balaban J connectivity index is 1.49. The number of anilines is 2. The van der Waals surface area contributed by atoms with Crippen molar-refractivity contribution in [2.24, 2.45) is 0 Å². The van der Waals surface area contributed by atoms with Gasteiger partial charge in [0.25, 0.3) is 5.91 Å². The predicted molar refractivity (Wildman–Crippen MR) is 127 cm³/mol. The van der Waals surface area contributed by atoms with E-state index in [0.717, 1.165) is 17.7 Å². The minimum absolute atomic E-state index is 0.0764. The number of carbonyl (C=O) groups is 2. The van der Waals surface area contributed by atoms with Crippen molar-refractivity contribution < 1.29 is 14.3 Å². The van der Waals surface area contributed by atoms with Gasteiger partial charge in [-0.2, -0.15) is 0 Å². The van der Waals surface area contributed by atoms with Crippen LogP contribution in [0.1, 0.15) is 22.3 Å². The molecule has 0 saturated carbocycles. The second kappa shape index (κ2) is 9.75. The highest BCUT2D eigenvalue weighted by Gasteiger charge is 2.27.